The number of thiol groups is 1. The van der Waals surface area contributed by atoms with Crippen LogP contribution in [-0.4, -0.2) is 55.3 Å². The van der Waals surface area contributed by atoms with E-state index in [9.17, 15) is 0 Å². The second-order valence-electron chi connectivity index (χ2n) is 5.26. The fourth-order valence-electron chi connectivity index (χ4n) is 2.24. The summed E-state index contributed by atoms with van der Waals surface area (Å²) in [5.41, 5.74) is 0. The molecule has 1 rings (SSSR count). The first-order valence-corrected chi connectivity index (χ1v) is 7.37. The molecule has 1 fully saturated rings. The van der Waals surface area contributed by atoms with E-state index >= 15 is 0 Å². The molecule has 1 aliphatic heterocycles. The fraction of sp³-hybridized carbons (Fsp3) is 1.00. The quantitative estimate of drug-likeness (QED) is 0.655. The van der Waals surface area contributed by atoms with Crippen LogP contribution in [0.25, 0.3) is 0 Å². The molecule has 1 heterocycles. The summed E-state index contributed by atoms with van der Waals surface area (Å²) in [7, 11) is 2.25. The van der Waals surface area contributed by atoms with Crippen molar-refractivity contribution >= 4 is 12.6 Å². The minimum atomic E-state index is 0.826. The van der Waals surface area contributed by atoms with Crippen LogP contribution >= 0.6 is 12.6 Å². The van der Waals surface area contributed by atoms with E-state index in [1.165, 1.54) is 58.4 Å². The van der Waals surface area contributed by atoms with Crippen molar-refractivity contribution in [3.63, 3.8) is 0 Å². The van der Waals surface area contributed by atoms with Gasteiger partial charge in [-0.3, -0.25) is 0 Å². The van der Waals surface area contributed by atoms with Gasteiger partial charge in [0.15, 0.2) is 0 Å². The van der Waals surface area contributed by atoms with Crippen LogP contribution < -0.4 is 0 Å². The predicted molar refractivity (Wildman–Crippen MR) is 75.4 cm³/mol. The minimum Gasteiger partial charge on any atom is -0.305 e. The molecule has 2 nitrogen and oxygen atoms in total. The van der Waals surface area contributed by atoms with Gasteiger partial charge < -0.3 is 9.80 Å². The van der Waals surface area contributed by atoms with Crippen LogP contribution in [-0.2, 0) is 0 Å². The summed E-state index contributed by atoms with van der Waals surface area (Å²) in [5, 5.41) is 0. The van der Waals surface area contributed by atoms with Gasteiger partial charge in [0.05, 0.1) is 0 Å². The number of likely N-dealkylation sites (tertiary alicyclic amines) is 1. The maximum Gasteiger partial charge on any atom is 0.0109 e. The maximum atomic E-state index is 4.28. The molecule has 1 saturated heterocycles. The van der Waals surface area contributed by atoms with Gasteiger partial charge in [-0.1, -0.05) is 6.92 Å². The average Bonchev–Trinajstić information content (AvgIpc) is 2.77. The lowest BCUT2D eigenvalue weighted by molar-refractivity contribution is 0.246. The molecule has 0 saturated carbocycles. The highest BCUT2D eigenvalue weighted by atomic mass is 32.1. The van der Waals surface area contributed by atoms with Crippen LogP contribution in [0.5, 0.6) is 0 Å². The summed E-state index contributed by atoms with van der Waals surface area (Å²) in [5.74, 6) is 1.85. The van der Waals surface area contributed by atoms with E-state index in [1.807, 2.05) is 0 Å². The Bertz CT molecular complexity index is 169. The number of likely N-dealkylation sites (N-methyl/N-ethyl adjacent to an activating group) is 1. The molecule has 96 valence electrons. The second kappa shape index (κ2) is 8.37. The Labute approximate surface area is 107 Å². The molecule has 0 bridgehead atoms. The molecule has 1 atom stereocenters. The van der Waals surface area contributed by atoms with E-state index in [0.29, 0.717) is 0 Å². The Kier molecular flexibility index (Phi) is 7.50. The zero-order valence-corrected chi connectivity index (χ0v) is 11.9. The highest BCUT2D eigenvalue weighted by molar-refractivity contribution is 7.80. The van der Waals surface area contributed by atoms with E-state index in [-0.39, 0.29) is 0 Å². The molecular formula is C13H28N2S. The second-order valence-corrected chi connectivity index (χ2v) is 5.71. The number of hydrogen-bond donors (Lipinski definition) is 1. The lowest BCUT2D eigenvalue weighted by atomic mass is 10.1. The van der Waals surface area contributed by atoms with Crippen LogP contribution in [0.1, 0.15) is 32.6 Å². The largest absolute Gasteiger partial charge is 0.305 e. The number of hydrogen-bond acceptors (Lipinski definition) is 3. The summed E-state index contributed by atoms with van der Waals surface area (Å²) in [6, 6.07) is 0. The Morgan fingerprint density at radius 3 is 2.50 bits per heavy atom. The van der Waals surface area contributed by atoms with Crippen LogP contribution in [0.2, 0.25) is 0 Å². The highest BCUT2D eigenvalue weighted by Crippen LogP contribution is 2.09. The van der Waals surface area contributed by atoms with Gasteiger partial charge in [0.2, 0.25) is 0 Å². The number of nitrogens with zero attached hydrogens (tertiary/aromatic N) is 2. The molecule has 0 radical (unpaired) electrons. The molecule has 0 aromatic carbocycles. The van der Waals surface area contributed by atoms with Crippen molar-refractivity contribution < 1.29 is 0 Å². The standard InChI is InChI=1S/C13H28N2S/c1-13(6-12-16)5-9-14(2)10-11-15-7-3-4-8-15/h13,16H,3-12H2,1-2H3. The monoisotopic (exact) mass is 244 g/mol. The van der Waals surface area contributed by atoms with Gasteiger partial charge >= 0.3 is 0 Å². The van der Waals surface area contributed by atoms with Crippen LogP contribution in [0.15, 0.2) is 0 Å². The maximum absolute atomic E-state index is 4.28. The first kappa shape index (κ1) is 14.3. The van der Waals surface area contributed by atoms with Crippen molar-refractivity contribution in [2.45, 2.75) is 32.6 Å². The Morgan fingerprint density at radius 2 is 1.88 bits per heavy atom. The van der Waals surface area contributed by atoms with Gasteiger partial charge in [-0.25, -0.2) is 0 Å². The molecule has 1 aliphatic rings. The SMILES string of the molecule is CC(CCS)CCN(C)CCN1CCCC1. The Morgan fingerprint density at radius 1 is 1.19 bits per heavy atom. The van der Waals surface area contributed by atoms with Gasteiger partial charge in [-0.15, -0.1) is 0 Å². The van der Waals surface area contributed by atoms with Crippen molar-refractivity contribution in [1.29, 1.82) is 0 Å². The Hall–Kier alpha value is 0.270. The molecular weight excluding hydrogens is 216 g/mol. The number of rotatable bonds is 8. The van der Waals surface area contributed by atoms with E-state index < -0.39 is 0 Å². The summed E-state index contributed by atoms with van der Waals surface area (Å²) >= 11 is 4.28. The van der Waals surface area contributed by atoms with Gasteiger partial charge in [0.1, 0.15) is 0 Å². The van der Waals surface area contributed by atoms with E-state index in [4.69, 9.17) is 0 Å². The van der Waals surface area contributed by atoms with Gasteiger partial charge in [0, 0.05) is 13.1 Å². The first-order valence-electron chi connectivity index (χ1n) is 6.74. The molecule has 0 amide bonds. The third-order valence-corrected chi connectivity index (χ3v) is 3.88. The van der Waals surface area contributed by atoms with Gasteiger partial charge in [-0.2, -0.15) is 12.6 Å². The molecule has 0 aromatic rings. The third kappa shape index (κ3) is 6.12. The lowest BCUT2D eigenvalue weighted by Gasteiger charge is -2.22. The van der Waals surface area contributed by atoms with Crippen LogP contribution in [0.3, 0.4) is 0 Å². The summed E-state index contributed by atoms with van der Waals surface area (Å²) in [4.78, 5) is 5.07. The van der Waals surface area contributed by atoms with Crippen molar-refractivity contribution in [2.24, 2.45) is 5.92 Å². The molecule has 1 unspecified atom stereocenters. The lowest BCUT2D eigenvalue weighted by Crippen LogP contribution is -2.32. The van der Waals surface area contributed by atoms with Crippen molar-refractivity contribution in [1.82, 2.24) is 9.80 Å². The van der Waals surface area contributed by atoms with Crippen molar-refractivity contribution in [3.05, 3.63) is 0 Å². The smallest absolute Gasteiger partial charge is 0.0109 e. The summed E-state index contributed by atoms with van der Waals surface area (Å²) in [6.07, 6.45) is 5.38. The predicted octanol–water partition coefficient (Wildman–Crippen LogP) is 2.36. The topological polar surface area (TPSA) is 6.48 Å². The molecule has 16 heavy (non-hydrogen) atoms. The van der Waals surface area contributed by atoms with E-state index in [0.717, 1.165) is 11.7 Å². The zero-order valence-electron chi connectivity index (χ0n) is 11.0. The Balaban J connectivity index is 1.99. The molecule has 3 heteroatoms. The van der Waals surface area contributed by atoms with Gasteiger partial charge in [0.25, 0.3) is 0 Å². The fourth-order valence-corrected chi connectivity index (χ4v) is 2.68. The molecule has 0 N–H and O–H groups in total. The van der Waals surface area contributed by atoms with Crippen LogP contribution in [0.4, 0.5) is 0 Å². The van der Waals surface area contributed by atoms with Crippen molar-refractivity contribution in [2.75, 3.05) is 45.5 Å². The highest BCUT2D eigenvalue weighted by Gasteiger charge is 2.11. The normalized spacial score (nSPS) is 19.5. The third-order valence-electron chi connectivity index (χ3n) is 3.62. The first-order chi connectivity index (χ1) is 7.72. The summed E-state index contributed by atoms with van der Waals surface area (Å²) in [6.45, 7) is 8.71. The molecule has 0 spiro atoms. The summed E-state index contributed by atoms with van der Waals surface area (Å²) < 4.78 is 0. The van der Waals surface area contributed by atoms with Crippen molar-refractivity contribution in [3.8, 4) is 0 Å². The van der Waals surface area contributed by atoms with Gasteiger partial charge in [-0.05, 0) is 64.0 Å². The minimum absolute atomic E-state index is 0.826. The molecule has 0 aliphatic carbocycles. The van der Waals surface area contributed by atoms with E-state index in [2.05, 4.69) is 36.4 Å². The average molecular weight is 244 g/mol. The molecule has 0 aromatic heterocycles. The van der Waals surface area contributed by atoms with E-state index in [1.54, 1.807) is 0 Å². The van der Waals surface area contributed by atoms with Crippen LogP contribution in [0, 0.1) is 5.92 Å². The zero-order chi connectivity index (χ0) is 11.8.